The van der Waals surface area contributed by atoms with Gasteiger partial charge in [-0.2, -0.15) is 0 Å². The monoisotopic (exact) mass is 284 g/mol. The number of nitrogens with one attached hydrogen (secondary N) is 2. The van der Waals surface area contributed by atoms with Crippen molar-refractivity contribution in [1.82, 2.24) is 4.98 Å². The molecule has 0 spiro atoms. The van der Waals surface area contributed by atoms with Gasteiger partial charge in [0.2, 0.25) is 5.91 Å². The minimum absolute atomic E-state index is 0.0849. The summed E-state index contributed by atoms with van der Waals surface area (Å²) in [7, 11) is 0. The van der Waals surface area contributed by atoms with Crippen LogP contribution >= 0.6 is 0 Å². The Morgan fingerprint density at radius 2 is 1.95 bits per heavy atom. The fraction of sp³-hybridized carbons (Fsp3) is 0.412. The largest absolute Gasteiger partial charge is 0.326 e. The molecule has 0 radical (unpaired) electrons. The predicted octanol–water partition coefficient (Wildman–Crippen LogP) is 3.36. The van der Waals surface area contributed by atoms with E-state index in [4.69, 9.17) is 0 Å². The molecule has 1 amide bonds. The fourth-order valence-corrected chi connectivity index (χ4v) is 3.00. The molecule has 1 saturated carbocycles. The average Bonchev–Trinajstić information content (AvgIpc) is 2.49. The lowest BCUT2D eigenvalue weighted by molar-refractivity contribution is -0.120. The van der Waals surface area contributed by atoms with Crippen molar-refractivity contribution >= 4 is 22.5 Å². The summed E-state index contributed by atoms with van der Waals surface area (Å²) in [5, 5.41) is 3.95. The molecule has 1 aliphatic carbocycles. The van der Waals surface area contributed by atoms with Gasteiger partial charge in [-0.15, -0.1) is 0 Å². The smallest absolute Gasteiger partial charge is 0.251 e. The van der Waals surface area contributed by atoms with Gasteiger partial charge in [-0.3, -0.25) is 9.59 Å². The van der Waals surface area contributed by atoms with Crippen LogP contribution in [0, 0.1) is 12.8 Å². The highest BCUT2D eigenvalue weighted by Gasteiger charge is 2.21. The molecule has 1 aromatic carbocycles. The van der Waals surface area contributed by atoms with Gasteiger partial charge in [-0.25, -0.2) is 0 Å². The highest BCUT2D eigenvalue weighted by atomic mass is 16.2. The molecule has 0 atom stereocenters. The van der Waals surface area contributed by atoms with E-state index >= 15 is 0 Å². The lowest BCUT2D eigenvalue weighted by Gasteiger charge is -2.20. The van der Waals surface area contributed by atoms with Crippen LogP contribution < -0.4 is 10.9 Å². The van der Waals surface area contributed by atoms with Gasteiger partial charge in [0, 0.05) is 17.2 Å². The molecule has 1 aromatic heterocycles. The van der Waals surface area contributed by atoms with Crippen LogP contribution in [0.3, 0.4) is 0 Å². The standard InChI is InChI=1S/C17H20N2O2/c1-11-9-13-7-8-14(10-15(13)19-16(11)20)18-17(21)12-5-3-2-4-6-12/h7-10,12H,2-6H2,1H3,(H,18,21)(H,19,20). The zero-order valence-electron chi connectivity index (χ0n) is 12.2. The third-order valence-electron chi connectivity index (χ3n) is 4.28. The summed E-state index contributed by atoms with van der Waals surface area (Å²) >= 11 is 0. The number of benzene rings is 1. The molecule has 3 rings (SSSR count). The van der Waals surface area contributed by atoms with E-state index in [1.54, 1.807) is 6.92 Å². The van der Waals surface area contributed by atoms with Crippen molar-refractivity contribution in [3.8, 4) is 0 Å². The topological polar surface area (TPSA) is 62.0 Å². The van der Waals surface area contributed by atoms with E-state index in [9.17, 15) is 9.59 Å². The molecule has 0 saturated heterocycles. The summed E-state index contributed by atoms with van der Waals surface area (Å²) in [6.07, 6.45) is 5.48. The number of amides is 1. The van der Waals surface area contributed by atoms with Crippen LogP contribution in [0.15, 0.2) is 29.1 Å². The van der Waals surface area contributed by atoms with Gasteiger partial charge in [-0.05, 0) is 43.4 Å². The molecule has 4 nitrogen and oxygen atoms in total. The second kappa shape index (κ2) is 5.72. The first-order valence-electron chi connectivity index (χ1n) is 7.58. The quantitative estimate of drug-likeness (QED) is 0.888. The number of anilines is 1. The number of carbonyl (C=O) groups excluding carboxylic acids is 1. The zero-order chi connectivity index (χ0) is 14.8. The lowest BCUT2D eigenvalue weighted by Crippen LogP contribution is -2.24. The maximum atomic E-state index is 12.2. The van der Waals surface area contributed by atoms with E-state index in [2.05, 4.69) is 10.3 Å². The number of H-pyrrole nitrogens is 1. The number of hydrogen-bond acceptors (Lipinski definition) is 2. The van der Waals surface area contributed by atoms with Crippen LogP contribution in [0.1, 0.15) is 37.7 Å². The zero-order valence-corrected chi connectivity index (χ0v) is 12.2. The summed E-state index contributed by atoms with van der Waals surface area (Å²) in [5.74, 6) is 0.232. The highest BCUT2D eigenvalue weighted by molar-refractivity contribution is 5.94. The molecule has 110 valence electrons. The van der Waals surface area contributed by atoms with Crippen molar-refractivity contribution in [3.05, 3.63) is 40.2 Å². The number of aromatic amines is 1. The molecule has 0 aliphatic heterocycles. The first-order chi connectivity index (χ1) is 10.1. The number of fused-ring (bicyclic) bond motifs is 1. The molecule has 4 heteroatoms. The third-order valence-corrected chi connectivity index (χ3v) is 4.28. The van der Waals surface area contributed by atoms with Crippen LogP contribution in [0.4, 0.5) is 5.69 Å². The van der Waals surface area contributed by atoms with Crippen LogP contribution in [0.5, 0.6) is 0 Å². The Balaban J connectivity index is 1.82. The number of rotatable bonds is 2. The van der Waals surface area contributed by atoms with Gasteiger partial charge < -0.3 is 10.3 Å². The lowest BCUT2D eigenvalue weighted by atomic mass is 9.88. The summed E-state index contributed by atoms with van der Waals surface area (Å²) in [6, 6.07) is 7.51. The maximum Gasteiger partial charge on any atom is 0.251 e. The summed E-state index contributed by atoms with van der Waals surface area (Å²) in [4.78, 5) is 26.8. The molecule has 1 fully saturated rings. The van der Waals surface area contributed by atoms with Crippen molar-refractivity contribution in [2.75, 3.05) is 5.32 Å². The number of hydrogen-bond donors (Lipinski definition) is 2. The van der Waals surface area contributed by atoms with E-state index in [0.717, 1.165) is 42.3 Å². The maximum absolute atomic E-state index is 12.2. The van der Waals surface area contributed by atoms with E-state index in [0.29, 0.717) is 5.56 Å². The second-order valence-corrected chi connectivity index (χ2v) is 5.91. The molecular formula is C17H20N2O2. The SMILES string of the molecule is Cc1cc2ccc(NC(=O)C3CCCCC3)cc2[nH]c1=O. The third kappa shape index (κ3) is 2.99. The van der Waals surface area contributed by atoms with Gasteiger partial charge in [0.25, 0.3) is 5.56 Å². The number of aryl methyl sites for hydroxylation is 1. The summed E-state index contributed by atoms with van der Waals surface area (Å²) < 4.78 is 0. The molecule has 1 heterocycles. The van der Waals surface area contributed by atoms with Crippen LogP contribution in [-0.4, -0.2) is 10.9 Å². The van der Waals surface area contributed by atoms with Crippen molar-refractivity contribution in [2.24, 2.45) is 5.92 Å². The van der Waals surface area contributed by atoms with E-state index in [1.807, 2.05) is 24.3 Å². The van der Waals surface area contributed by atoms with Crippen molar-refractivity contribution in [1.29, 1.82) is 0 Å². The average molecular weight is 284 g/mol. The Hall–Kier alpha value is -2.10. The summed E-state index contributed by atoms with van der Waals surface area (Å²) in [5.41, 5.74) is 2.12. The fourth-order valence-electron chi connectivity index (χ4n) is 3.00. The van der Waals surface area contributed by atoms with Gasteiger partial charge in [0.05, 0.1) is 5.52 Å². The molecule has 2 aromatic rings. The first kappa shape index (κ1) is 13.9. The van der Waals surface area contributed by atoms with E-state index in [-0.39, 0.29) is 17.4 Å². The minimum Gasteiger partial charge on any atom is -0.326 e. The van der Waals surface area contributed by atoms with Gasteiger partial charge >= 0.3 is 0 Å². The Bertz CT molecular complexity index is 727. The molecule has 0 bridgehead atoms. The van der Waals surface area contributed by atoms with E-state index < -0.39 is 0 Å². The van der Waals surface area contributed by atoms with E-state index in [1.165, 1.54) is 6.42 Å². The number of aromatic nitrogens is 1. The minimum atomic E-state index is -0.0849. The molecule has 2 N–H and O–H groups in total. The second-order valence-electron chi connectivity index (χ2n) is 5.91. The Morgan fingerprint density at radius 1 is 1.19 bits per heavy atom. The van der Waals surface area contributed by atoms with Crippen LogP contribution in [0.2, 0.25) is 0 Å². The van der Waals surface area contributed by atoms with Gasteiger partial charge in [0.1, 0.15) is 0 Å². The Morgan fingerprint density at radius 3 is 2.71 bits per heavy atom. The molecule has 21 heavy (non-hydrogen) atoms. The Kier molecular flexibility index (Phi) is 3.78. The predicted molar refractivity (Wildman–Crippen MR) is 84.5 cm³/mol. The number of carbonyl (C=O) groups is 1. The van der Waals surface area contributed by atoms with Crippen LogP contribution in [-0.2, 0) is 4.79 Å². The number of pyridine rings is 1. The van der Waals surface area contributed by atoms with Crippen molar-refractivity contribution < 1.29 is 4.79 Å². The molecule has 0 unspecified atom stereocenters. The highest BCUT2D eigenvalue weighted by Crippen LogP contribution is 2.25. The molecular weight excluding hydrogens is 264 g/mol. The van der Waals surface area contributed by atoms with Crippen molar-refractivity contribution in [2.45, 2.75) is 39.0 Å². The van der Waals surface area contributed by atoms with Gasteiger partial charge in [0.15, 0.2) is 0 Å². The van der Waals surface area contributed by atoms with Crippen LogP contribution in [0.25, 0.3) is 10.9 Å². The Labute approximate surface area is 123 Å². The normalized spacial score (nSPS) is 16.0. The van der Waals surface area contributed by atoms with Crippen molar-refractivity contribution in [3.63, 3.8) is 0 Å². The molecule has 1 aliphatic rings. The first-order valence-corrected chi connectivity index (χ1v) is 7.58. The summed E-state index contributed by atoms with van der Waals surface area (Å²) in [6.45, 7) is 1.79. The van der Waals surface area contributed by atoms with Gasteiger partial charge in [-0.1, -0.05) is 25.3 Å².